The highest BCUT2D eigenvalue weighted by Crippen LogP contribution is 2.30. The summed E-state index contributed by atoms with van der Waals surface area (Å²) in [5.74, 6) is -1.54. The van der Waals surface area contributed by atoms with Crippen LogP contribution in [-0.4, -0.2) is 28.6 Å². The van der Waals surface area contributed by atoms with Gasteiger partial charge in [-0.1, -0.05) is 17.7 Å². The smallest absolute Gasteiger partial charge is 0.305 e. The van der Waals surface area contributed by atoms with Crippen LogP contribution in [0.4, 0.5) is 0 Å². The number of nitrogens with two attached hydrogens (primary N) is 1. The quantitative estimate of drug-likeness (QED) is 0.623. The monoisotopic (exact) mass is 266 g/mol. The lowest BCUT2D eigenvalue weighted by Gasteiger charge is -2.19. The van der Waals surface area contributed by atoms with Crippen molar-refractivity contribution in [2.45, 2.75) is 26.3 Å². The number of aryl methyl sites for hydroxylation is 2. The predicted molar refractivity (Wildman–Crippen MR) is 69.8 cm³/mol. The molecule has 0 aliphatic rings. The van der Waals surface area contributed by atoms with Crippen molar-refractivity contribution in [1.82, 2.24) is 5.32 Å². The van der Waals surface area contributed by atoms with Gasteiger partial charge in [0.1, 0.15) is 5.75 Å². The van der Waals surface area contributed by atoms with Crippen LogP contribution in [0.25, 0.3) is 0 Å². The summed E-state index contributed by atoms with van der Waals surface area (Å²) in [6, 6.07) is 2.64. The maximum Gasteiger partial charge on any atom is 0.305 e. The molecule has 0 spiro atoms. The van der Waals surface area contributed by atoms with E-state index in [-0.39, 0.29) is 18.7 Å². The summed E-state index contributed by atoms with van der Waals surface area (Å²) in [6.07, 6.45) is -0.317. The number of hydrogen-bond acceptors (Lipinski definition) is 4. The van der Waals surface area contributed by atoms with Gasteiger partial charge < -0.3 is 21.3 Å². The summed E-state index contributed by atoms with van der Waals surface area (Å²) in [6.45, 7) is 3.31. The number of carboxylic acid groups (broad SMARTS) is 1. The Morgan fingerprint density at radius 3 is 2.53 bits per heavy atom. The Bertz CT molecular complexity index is 500. The molecule has 0 bridgehead atoms. The molecule has 19 heavy (non-hydrogen) atoms. The zero-order valence-electron chi connectivity index (χ0n) is 10.9. The first-order valence-corrected chi connectivity index (χ1v) is 5.86. The van der Waals surface area contributed by atoms with Crippen molar-refractivity contribution in [2.24, 2.45) is 5.73 Å². The molecule has 1 unspecified atom stereocenters. The van der Waals surface area contributed by atoms with Gasteiger partial charge in [0.05, 0.1) is 19.0 Å². The van der Waals surface area contributed by atoms with E-state index in [1.807, 2.05) is 6.92 Å². The van der Waals surface area contributed by atoms with Crippen molar-refractivity contribution in [3.05, 3.63) is 28.8 Å². The maximum atomic E-state index is 11.3. The summed E-state index contributed by atoms with van der Waals surface area (Å²) >= 11 is 0. The first kappa shape index (κ1) is 15.0. The molecular formula is C13H18N2O4. The van der Waals surface area contributed by atoms with Crippen LogP contribution in [-0.2, 0) is 9.59 Å². The largest absolute Gasteiger partial charge is 0.507 e. The molecule has 1 aromatic carbocycles. The van der Waals surface area contributed by atoms with Crippen LogP contribution < -0.4 is 11.1 Å². The SMILES string of the molecule is Cc1cc(C)c(O)c(C(CC(=O)O)NC(=O)CN)c1. The fourth-order valence-electron chi connectivity index (χ4n) is 1.93. The molecular weight excluding hydrogens is 248 g/mol. The van der Waals surface area contributed by atoms with E-state index in [1.165, 1.54) is 0 Å². The van der Waals surface area contributed by atoms with Gasteiger partial charge in [-0.2, -0.15) is 0 Å². The third-order valence-corrected chi connectivity index (χ3v) is 2.75. The van der Waals surface area contributed by atoms with Crippen LogP contribution >= 0.6 is 0 Å². The number of nitrogens with one attached hydrogen (secondary N) is 1. The van der Waals surface area contributed by atoms with E-state index in [2.05, 4.69) is 5.32 Å². The van der Waals surface area contributed by atoms with Crippen LogP contribution in [0, 0.1) is 13.8 Å². The lowest BCUT2D eigenvalue weighted by Crippen LogP contribution is -2.34. The number of phenols is 1. The third kappa shape index (κ3) is 3.96. The highest BCUT2D eigenvalue weighted by atomic mass is 16.4. The molecule has 0 aliphatic heterocycles. The van der Waals surface area contributed by atoms with E-state index in [9.17, 15) is 14.7 Å². The first-order chi connectivity index (χ1) is 8.85. The summed E-state index contributed by atoms with van der Waals surface area (Å²) in [4.78, 5) is 22.2. The number of amides is 1. The fraction of sp³-hybridized carbons (Fsp3) is 0.385. The van der Waals surface area contributed by atoms with E-state index >= 15 is 0 Å². The number of benzene rings is 1. The summed E-state index contributed by atoms with van der Waals surface area (Å²) < 4.78 is 0. The highest BCUT2D eigenvalue weighted by molar-refractivity contribution is 5.79. The van der Waals surface area contributed by atoms with Gasteiger partial charge in [0, 0.05) is 5.56 Å². The van der Waals surface area contributed by atoms with Gasteiger partial charge in [0.25, 0.3) is 0 Å². The fourth-order valence-corrected chi connectivity index (χ4v) is 1.93. The average molecular weight is 266 g/mol. The molecule has 0 heterocycles. The van der Waals surface area contributed by atoms with Crippen molar-refractivity contribution in [3.8, 4) is 5.75 Å². The first-order valence-electron chi connectivity index (χ1n) is 5.86. The Kier molecular flexibility index (Phi) is 4.88. The number of carboxylic acids is 1. The molecule has 1 amide bonds. The minimum absolute atomic E-state index is 0.00540. The Morgan fingerprint density at radius 1 is 1.37 bits per heavy atom. The molecule has 0 saturated carbocycles. The third-order valence-electron chi connectivity index (χ3n) is 2.75. The predicted octanol–water partition coefficient (Wildman–Crippen LogP) is 0.600. The van der Waals surface area contributed by atoms with Gasteiger partial charge in [0.15, 0.2) is 0 Å². The van der Waals surface area contributed by atoms with Gasteiger partial charge in [-0.3, -0.25) is 9.59 Å². The number of aliphatic carboxylic acids is 1. The molecule has 1 rings (SSSR count). The number of hydrogen-bond donors (Lipinski definition) is 4. The van der Waals surface area contributed by atoms with Crippen molar-refractivity contribution in [1.29, 1.82) is 0 Å². The highest BCUT2D eigenvalue weighted by Gasteiger charge is 2.21. The van der Waals surface area contributed by atoms with Gasteiger partial charge in [-0.05, 0) is 19.4 Å². The van der Waals surface area contributed by atoms with Gasteiger partial charge in [-0.15, -0.1) is 0 Å². The maximum absolute atomic E-state index is 11.3. The van der Waals surface area contributed by atoms with Gasteiger partial charge in [0.2, 0.25) is 5.91 Å². The van der Waals surface area contributed by atoms with Gasteiger partial charge >= 0.3 is 5.97 Å². The van der Waals surface area contributed by atoms with Crippen LogP contribution in [0.2, 0.25) is 0 Å². The number of carbonyl (C=O) groups is 2. The average Bonchev–Trinajstić information content (AvgIpc) is 2.32. The van der Waals surface area contributed by atoms with E-state index in [0.29, 0.717) is 11.1 Å². The normalized spacial score (nSPS) is 11.9. The topological polar surface area (TPSA) is 113 Å². The van der Waals surface area contributed by atoms with Crippen LogP contribution in [0.5, 0.6) is 5.75 Å². The second kappa shape index (κ2) is 6.19. The van der Waals surface area contributed by atoms with Gasteiger partial charge in [-0.25, -0.2) is 0 Å². The van der Waals surface area contributed by atoms with E-state index in [4.69, 9.17) is 10.8 Å². The lowest BCUT2D eigenvalue weighted by molar-refractivity contribution is -0.137. The number of aromatic hydroxyl groups is 1. The molecule has 6 heteroatoms. The van der Waals surface area contributed by atoms with Crippen molar-refractivity contribution in [2.75, 3.05) is 6.54 Å². The van der Waals surface area contributed by atoms with Crippen LogP contribution in [0.3, 0.4) is 0 Å². The van der Waals surface area contributed by atoms with Crippen molar-refractivity contribution in [3.63, 3.8) is 0 Å². The summed E-state index contributed by atoms with van der Waals surface area (Å²) in [5.41, 5.74) is 7.10. The molecule has 0 aromatic heterocycles. The summed E-state index contributed by atoms with van der Waals surface area (Å²) in [5, 5.41) is 21.4. The van der Waals surface area contributed by atoms with Crippen LogP contribution in [0.1, 0.15) is 29.2 Å². The van der Waals surface area contributed by atoms with E-state index in [0.717, 1.165) is 5.56 Å². The van der Waals surface area contributed by atoms with Crippen molar-refractivity contribution >= 4 is 11.9 Å². The standard InChI is InChI=1S/C13H18N2O4/c1-7-3-8(2)13(19)9(4-7)10(5-12(17)18)15-11(16)6-14/h3-4,10,19H,5-6,14H2,1-2H3,(H,15,16)(H,17,18). The molecule has 0 fully saturated rings. The summed E-state index contributed by atoms with van der Waals surface area (Å²) in [7, 11) is 0. The lowest BCUT2D eigenvalue weighted by atomic mass is 9.97. The zero-order valence-corrected chi connectivity index (χ0v) is 10.9. The molecule has 0 aliphatic carbocycles. The molecule has 0 saturated heterocycles. The second-order valence-electron chi connectivity index (χ2n) is 4.44. The Labute approximate surface area is 111 Å². The Hall–Kier alpha value is -2.08. The van der Waals surface area contributed by atoms with Crippen molar-refractivity contribution < 1.29 is 19.8 Å². The van der Waals surface area contributed by atoms with Crippen LogP contribution in [0.15, 0.2) is 12.1 Å². The second-order valence-corrected chi connectivity index (χ2v) is 4.44. The Balaban J connectivity index is 3.16. The molecule has 5 N–H and O–H groups in total. The zero-order chi connectivity index (χ0) is 14.6. The molecule has 0 radical (unpaired) electrons. The van der Waals surface area contributed by atoms with E-state index in [1.54, 1.807) is 19.1 Å². The minimum Gasteiger partial charge on any atom is -0.507 e. The molecule has 104 valence electrons. The number of carbonyl (C=O) groups excluding carboxylic acids is 1. The van der Waals surface area contributed by atoms with E-state index < -0.39 is 17.9 Å². The molecule has 1 atom stereocenters. The number of phenolic OH excluding ortho intramolecular Hbond substituents is 1. The Morgan fingerprint density at radius 2 is 2.00 bits per heavy atom. The number of rotatable bonds is 5. The molecule has 1 aromatic rings. The molecule has 6 nitrogen and oxygen atoms in total. The minimum atomic E-state index is -1.07.